The fraction of sp³-hybridized carbons (Fsp3) is 0.294. The minimum atomic E-state index is -0.368. The Morgan fingerprint density at radius 1 is 1.24 bits per heavy atom. The largest absolute Gasteiger partial charge is 0.480 e. The summed E-state index contributed by atoms with van der Waals surface area (Å²) in [5.74, 6) is 0.147. The minimum Gasteiger partial charge on any atom is -0.480 e. The maximum atomic E-state index is 13.4. The number of nitrogens with one attached hydrogen (secondary N) is 1. The summed E-state index contributed by atoms with van der Waals surface area (Å²) in [4.78, 5) is 0. The topological polar surface area (TPSA) is 21.3 Å². The Hall–Kier alpha value is -1.74. The zero-order chi connectivity index (χ0) is 15.0. The number of benzene rings is 2. The molecule has 2 atom stereocenters. The van der Waals surface area contributed by atoms with Gasteiger partial charge in [-0.25, -0.2) is 4.39 Å². The van der Waals surface area contributed by atoms with E-state index in [0.717, 1.165) is 12.0 Å². The smallest absolute Gasteiger partial charge is 0.162 e. The molecule has 0 aliphatic carbocycles. The lowest BCUT2D eigenvalue weighted by Gasteiger charge is -2.34. The summed E-state index contributed by atoms with van der Waals surface area (Å²) in [6, 6.07) is 11.1. The number of rotatable bonds is 2. The van der Waals surface area contributed by atoms with Crippen molar-refractivity contribution in [3.8, 4) is 5.75 Å². The summed E-state index contributed by atoms with van der Waals surface area (Å²) < 4.78 is 19.4. The second kappa shape index (κ2) is 5.57. The first-order chi connectivity index (χ1) is 10.1. The Balaban J connectivity index is 1.94. The first-order valence-corrected chi connectivity index (χ1v) is 7.47. The average Bonchev–Trinajstić information content (AvgIpc) is 2.46. The van der Waals surface area contributed by atoms with Gasteiger partial charge in [0.15, 0.2) is 5.75 Å². The van der Waals surface area contributed by atoms with Crippen molar-refractivity contribution in [2.45, 2.75) is 32.4 Å². The molecule has 1 aliphatic rings. The van der Waals surface area contributed by atoms with Crippen LogP contribution in [0, 0.1) is 5.82 Å². The highest BCUT2D eigenvalue weighted by atomic mass is 35.5. The lowest BCUT2D eigenvalue weighted by Crippen LogP contribution is -2.32. The summed E-state index contributed by atoms with van der Waals surface area (Å²) in [5, 5.41) is 3.56. The first kappa shape index (κ1) is 14.2. The van der Waals surface area contributed by atoms with Gasteiger partial charge in [-0.1, -0.05) is 42.8 Å². The van der Waals surface area contributed by atoms with Gasteiger partial charge in [0.05, 0.1) is 16.8 Å². The van der Waals surface area contributed by atoms with E-state index in [4.69, 9.17) is 16.3 Å². The number of ether oxygens (including phenoxy) is 1. The van der Waals surface area contributed by atoms with Gasteiger partial charge in [0.2, 0.25) is 0 Å². The van der Waals surface area contributed by atoms with Crippen LogP contribution in [0.4, 0.5) is 10.1 Å². The molecule has 1 N–H and O–H groups in total. The molecule has 2 nitrogen and oxygen atoms in total. The predicted octanol–water partition coefficient (Wildman–Crippen LogP) is 4.98. The van der Waals surface area contributed by atoms with Crippen molar-refractivity contribution >= 4 is 17.3 Å². The Kier molecular flexibility index (Phi) is 3.77. The zero-order valence-electron chi connectivity index (χ0n) is 12.0. The average molecular weight is 306 g/mol. The minimum absolute atomic E-state index is 0.0304. The number of hydrogen-bond donors (Lipinski definition) is 1. The van der Waals surface area contributed by atoms with Crippen molar-refractivity contribution in [1.29, 1.82) is 0 Å². The maximum absolute atomic E-state index is 13.4. The van der Waals surface area contributed by atoms with Gasteiger partial charge in [0.25, 0.3) is 0 Å². The van der Waals surface area contributed by atoms with Crippen molar-refractivity contribution in [1.82, 2.24) is 0 Å². The van der Waals surface area contributed by atoms with Gasteiger partial charge in [-0.3, -0.25) is 0 Å². The summed E-state index contributed by atoms with van der Waals surface area (Å²) in [5.41, 5.74) is 2.97. The molecule has 3 rings (SSSR count). The van der Waals surface area contributed by atoms with Crippen molar-refractivity contribution in [2.75, 3.05) is 5.32 Å². The maximum Gasteiger partial charge on any atom is 0.162 e. The highest BCUT2D eigenvalue weighted by Gasteiger charge is 2.29. The molecule has 1 aliphatic heterocycles. The molecule has 0 aromatic heterocycles. The molecule has 0 radical (unpaired) electrons. The van der Waals surface area contributed by atoms with Crippen LogP contribution >= 0.6 is 11.6 Å². The Morgan fingerprint density at radius 2 is 1.95 bits per heavy atom. The van der Waals surface area contributed by atoms with E-state index in [1.54, 1.807) is 0 Å². The van der Waals surface area contributed by atoms with Crippen LogP contribution in [0.5, 0.6) is 5.75 Å². The molecule has 110 valence electrons. The third-order valence-corrected chi connectivity index (χ3v) is 4.09. The van der Waals surface area contributed by atoms with E-state index < -0.39 is 0 Å². The third-order valence-electron chi connectivity index (χ3n) is 3.81. The van der Waals surface area contributed by atoms with Gasteiger partial charge >= 0.3 is 0 Å². The van der Waals surface area contributed by atoms with Crippen LogP contribution in [-0.2, 0) is 6.42 Å². The van der Waals surface area contributed by atoms with E-state index in [9.17, 15) is 4.39 Å². The van der Waals surface area contributed by atoms with Crippen LogP contribution in [0.15, 0.2) is 36.4 Å². The van der Waals surface area contributed by atoms with E-state index in [-0.39, 0.29) is 18.0 Å². The highest BCUT2D eigenvalue weighted by Crippen LogP contribution is 2.42. The van der Waals surface area contributed by atoms with Crippen LogP contribution < -0.4 is 10.1 Å². The van der Waals surface area contributed by atoms with Crippen LogP contribution in [0.1, 0.15) is 31.1 Å². The molecule has 2 unspecified atom stereocenters. The molecule has 0 fully saturated rings. The van der Waals surface area contributed by atoms with Crippen molar-refractivity contribution in [3.05, 3.63) is 58.4 Å². The fourth-order valence-corrected chi connectivity index (χ4v) is 2.89. The van der Waals surface area contributed by atoms with Gasteiger partial charge in [0.1, 0.15) is 11.9 Å². The van der Waals surface area contributed by atoms with E-state index in [1.807, 2.05) is 6.92 Å². The predicted molar refractivity (Wildman–Crippen MR) is 83.7 cm³/mol. The monoisotopic (exact) mass is 305 g/mol. The molecule has 21 heavy (non-hydrogen) atoms. The first-order valence-electron chi connectivity index (χ1n) is 7.09. The molecule has 4 heteroatoms. The lowest BCUT2D eigenvalue weighted by atomic mass is 9.99. The van der Waals surface area contributed by atoms with Crippen molar-refractivity contribution < 1.29 is 9.13 Å². The molecule has 2 aromatic rings. The normalized spacial score (nSPS) is 20.4. The zero-order valence-corrected chi connectivity index (χ0v) is 12.7. The van der Waals surface area contributed by atoms with Crippen LogP contribution in [-0.4, -0.2) is 6.04 Å². The molecule has 0 amide bonds. The van der Waals surface area contributed by atoms with Gasteiger partial charge < -0.3 is 10.1 Å². The number of halogens is 2. The van der Waals surface area contributed by atoms with Gasteiger partial charge in [-0.2, -0.15) is 0 Å². The second-order valence-corrected chi connectivity index (χ2v) is 5.74. The quantitative estimate of drug-likeness (QED) is 0.845. The van der Waals surface area contributed by atoms with E-state index in [2.05, 4.69) is 36.5 Å². The lowest BCUT2D eigenvalue weighted by molar-refractivity contribution is 0.177. The molecule has 0 spiro atoms. The summed E-state index contributed by atoms with van der Waals surface area (Å²) >= 11 is 6.09. The van der Waals surface area contributed by atoms with E-state index >= 15 is 0 Å². The van der Waals surface area contributed by atoms with Gasteiger partial charge in [-0.05, 0) is 30.5 Å². The SMILES string of the molecule is CCc1ccc(C2Oc3c(Cl)cc(F)cc3NC2C)cc1. The van der Waals surface area contributed by atoms with Crippen LogP contribution in [0.25, 0.3) is 0 Å². The highest BCUT2D eigenvalue weighted by molar-refractivity contribution is 6.32. The Labute approximate surface area is 128 Å². The summed E-state index contributed by atoms with van der Waals surface area (Å²) in [7, 11) is 0. The molecule has 0 saturated heterocycles. The van der Waals surface area contributed by atoms with Crippen molar-refractivity contribution in [3.63, 3.8) is 0 Å². The Morgan fingerprint density at radius 3 is 2.62 bits per heavy atom. The van der Waals surface area contributed by atoms with Crippen LogP contribution in [0.3, 0.4) is 0 Å². The standard InChI is InChI=1S/C17H17ClFNO/c1-3-11-4-6-12(7-5-11)16-10(2)20-15-9-13(19)8-14(18)17(15)21-16/h4-10,16,20H,3H2,1-2H3. The number of fused-ring (bicyclic) bond motifs is 1. The number of anilines is 1. The fourth-order valence-electron chi connectivity index (χ4n) is 2.64. The number of aryl methyl sites for hydroxylation is 1. The molecule has 0 bridgehead atoms. The molecule has 1 heterocycles. The second-order valence-electron chi connectivity index (χ2n) is 5.33. The summed E-state index contributed by atoms with van der Waals surface area (Å²) in [6.45, 7) is 4.14. The molecule has 2 aromatic carbocycles. The van der Waals surface area contributed by atoms with Gasteiger partial charge in [0, 0.05) is 6.07 Å². The van der Waals surface area contributed by atoms with Gasteiger partial charge in [-0.15, -0.1) is 0 Å². The van der Waals surface area contributed by atoms with E-state index in [0.29, 0.717) is 16.5 Å². The van der Waals surface area contributed by atoms with Crippen LogP contribution in [0.2, 0.25) is 5.02 Å². The number of hydrogen-bond acceptors (Lipinski definition) is 2. The van der Waals surface area contributed by atoms with E-state index in [1.165, 1.54) is 17.7 Å². The Bertz CT molecular complexity index is 657. The third kappa shape index (κ3) is 2.70. The summed E-state index contributed by atoms with van der Waals surface area (Å²) in [6.07, 6.45) is 0.861. The molecular formula is C17H17ClFNO. The van der Waals surface area contributed by atoms with Crippen molar-refractivity contribution in [2.24, 2.45) is 0 Å². The molecule has 0 saturated carbocycles. The molecular weight excluding hydrogens is 289 g/mol.